The highest BCUT2D eigenvalue weighted by Gasteiger charge is 2.16. The van der Waals surface area contributed by atoms with Crippen LogP contribution < -0.4 is 4.74 Å². The number of aldehydes is 1. The van der Waals surface area contributed by atoms with Gasteiger partial charge >= 0.3 is 0 Å². The molecule has 0 unspecified atom stereocenters. The largest absolute Gasteiger partial charge is 0.496 e. The maximum Gasteiger partial charge on any atom is 0.154 e. The lowest BCUT2D eigenvalue weighted by molar-refractivity contribution is 0.112. The number of aromatic nitrogens is 2. The first-order valence-corrected chi connectivity index (χ1v) is 6.27. The average Bonchev–Trinajstić information content (AvgIpc) is 2.78. The molecule has 1 heterocycles. The Morgan fingerprint density at radius 3 is 2.68 bits per heavy atom. The van der Waals surface area contributed by atoms with E-state index in [2.05, 4.69) is 24.0 Å². The lowest BCUT2D eigenvalue weighted by Crippen LogP contribution is -1.95. The number of nitrogens with one attached hydrogen (secondary N) is 1. The number of hydrogen-bond donors (Lipinski definition) is 1. The van der Waals surface area contributed by atoms with Crippen LogP contribution in [0.5, 0.6) is 5.75 Å². The number of carbonyl (C=O) groups excluding carboxylic acids is 1. The molecule has 4 heteroatoms. The molecule has 100 valence electrons. The average molecular weight is 258 g/mol. The van der Waals surface area contributed by atoms with Crippen LogP contribution in [-0.4, -0.2) is 23.6 Å². The zero-order valence-electron chi connectivity index (χ0n) is 11.7. The number of rotatable bonds is 4. The molecule has 0 spiro atoms. The molecule has 2 rings (SSSR count). The van der Waals surface area contributed by atoms with Crippen LogP contribution in [0.25, 0.3) is 11.3 Å². The van der Waals surface area contributed by atoms with E-state index >= 15 is 0 Å². The fourth-order valence-electron chi connectivity index (χ4n) is 2.06. The number of aromatic amines is 1. The summed E-state index contributed by atoms with van der Waals surface area (Å²) in [6.07, 6.45) is 0.829. The maximum absolute atomic E-state index is 11.2. The topological polar surface area (TPSA) is 55.0 Å². The Bertz CT molecular complexity index is 600. The van der Waals surface area contributed by atoms with Gasteiger partial charge in [0, 0.05) is 11.3 Å². The van der Waals surface area contributed by atoms with E-state index in [0.29, 0.717) is 17.2 Å². The standard InChI is InChI=1S/C15H18N2O2/c1-9(2)11-5-6-14(19-4)12(7-11)15-13(8-18)10(3)16-17-15/h5-9H,1-4H3,(H,16,17). The molecule has 19 heavy (non-hydrogen) atoms. The van der Waals surface area contributed by atoms with Gasteiger partial charge in [-0.15, -0.1) is 0 Å². The summed E-state index contributed by atoms with van der Waals surface area (Å²) >= 11 is 0. The monoisotopic (exact) mass is 258 g/mol. The quantitative estimate of drug-likeness (QED) is 0.856. The number of hydrogen-bond acceptors (Lipinski definition) is 3. The number of ether oxygens (including phenoxy) is 1. The lowest BCUT2D eigenvalue weighted by atomic mass is 9.97. The van der Waals surface area contributed by atoms with Gasteiger partial charge in [-0.1, -0.05) is 19.9 Å². The summed E-state index contributed by atoms with van der Waals surface area (Å²) in [6, 6.07) is 5.99. The van der Waals surface area contributed by atoms with Crippen molar-refractivity contribution in [1.82, 2.24) is 10.2 Å². The third-order valence-electron chi connectivity index (χ3n) is 3.26. The molecule has 0 aliphatic rings. The van der Waals surface area contributed by atoms with Crippen LogP contribution in [0.4, 0.5) is 0 Å². The van der Waals surface area contributed by atoms with Crippen molar-refractivity contribution in [3.05, 3.63) is 35.0 Å². The van der Waals surface area contributed by atoms with E-state index in [4.69, 9.17) is 4.74 Å². The number of nitrogens with zero attached hydrogens (tertiary/aromatic N) is 1. The number of aryl methyl sites for hydroxylation is 1. The minimum atomic E-state index is 0.407. The van der Waals surface area contributed by atoms with Crippen molar-refractivity contribution < 1.29 is 9.53 Å². The van der Waals surface area contributed by atoms with Crippen molar-refractivity contribution in [3.63, 3.8) is 0 Å². The molecule has 1 aromatic heterocycles. The minimum Gasteiger partial charge on any atom is -0.496 e. The second kappa shape index (κ2) is 5.26. The van der Waals surface area contributed by atoms with Crippen LogP contribution in [-0.2, 0) is 0 Å². The van der Waals surface area contributed by atoms with Gasteiger partial charge in [0.15, 0.2) is 6.29 Å². The highest BCUT2D eigenvalue weighted by Crippen LogP contribution is 2.33. The fraction of sp³-hybridized carbons (Fsp3) is 0.333. The third-order valence-corrected chi connectivity index (χ3v) is 3.26. The summed E-state index contributed by atoms with van der Waals surface area (Å²) < 4.78 is 5.37. The van der Waals surface area contributed by atoms with Gasteiger partial charge in [0.05, 0.1) is 12.7 Å². The Morgan fingerprint density at radius 2 is 2.11 bits per heavy atom. The van der Waals surface area contributed by atoms with E-state index in [1.807, 2.05) is 25.1 Å². The van der Waals surface area contributed by atoms with Gasteiger partial charge in [-0.3, -0.25) is 9.89 Å². The van der Waals surface area contributed by atoms with Gasteiger partial charge in [-0.2, -0.15) is 5.10 Å². The predicted molar refractivity (Wildman–Crippen MR) is 74.8 cm³/mol. The van der Waals surface area contributed by atoms with Crippen LogP contribution >= 0.6 is 0 Å². The normalized spacial score (nSPS) is 10.8. The molecule has 2 aromatic rings. The van der Waals surface area contributed by atoms with Crippen molar-refractivity contribution in [3.8, 4) is 17.0 Å². The van der Waals surface area contributed by atoms with Crippen LogP contribution in [0.1, 0.15) is 41.4 Å². The van der Waals surface area contributed by atoms with Crippen molar-refractivity contribution in [1.29, 1.82) is 0 Å². The van der Waals surface area contributed by atoms with Crippen LogP contribution in [0.2, 0.25) is 0 Å². The summed E-state index contributed by atoms with van der Waals surface area (Å²) in [6.45, 7) is 6.09. The molecule has 4 nitrogen and oxygen atoms in total. The molecular formula is C15H18N2O2. The highest BCUT2D eigenvalue weighted by molar-refractivity contribution is 5.88. The molecule has 1 aromatic carbocycles. The van der Waals surface area contributed by atoms with Gasteiger partial charge in [0.25, 0.3) is 0 Å². The predicted octanol–water partition coefficient (Wildman–Crippen LogP) is 3.33. The summed E-state index contributed by atoms with van der Waals surface area (Å²) in [5.74, 6) is 1.13. The molecule has 1 N–H and O–H groups in total. The van der Waals surface area contributed by atoms with E-state index in [1.165, 1.54) is 5.56 Å². The van der Waals surface area contributed by atoms with Gasteiger partial charge in [0.2, 0.25) is 0 Å². The number of carbonyl (C=O) groups is 1. The SMILES string of the molecule is COc1ccc(C(C)C)cc1-c1n[nH]c(C)c1C=O. The second-order valence-corrected chi connectivity index (χ2v) is 4.84. The molecule has 0 aliphatic carbocycles. The van der Waals surface area contributed by atoms with E-state index < -0.39 is 0 Å². The maximum atomic E-state index is 11.2. The number of methoxy groups -OCH3 is 1. The number of H-pyrrole nitrogens is 1. The van der Waals surface area contributed by atoms with Crippen molar-refractivity contribution in [2.45, 2.75) is 26.7 Å². The zero-order chi connectivity index (χ0) is 14.0. The number of benzene rings is 1. The van der Waals surface area contributed by atoms with Crippen molar-refractivity contribution >= 4 is 6.29 Å². The zero-order valence-corrected chi connectivity index (χ0v) is 11.7. The van der Waals surface area contributed by atoms with Gasteiger partial charge in [-0.05, 0) is 30.5 Å². The van der Waals surface area contributed by atoms with Crippen LogP contribution in [0, 0.1) is 6.92 Å². The molecule has 0 aliphatic heterocycles. The highest BCUT2D eigenvalue weighted by atomic mass is 16.5. The summed E-state index contributed by atoms with van der Waals surface area (Å²) in [5.41, 5.74) is 4.03. The Balaban J connectivity index is 2.64. The first-order chi connectivity index (χ1) is 9.08. The Hall–Kier alpha value is -2.10. The Morgan fingerprint density at radius 1 is 1.37 bits per heavy atom. The minimum absolute atomic E-state index is 0.407. The van der Waals surface area contributed by atoms with E-state index in [9.17, 15) is 4.79 Å². The van der Waals surface area contributed by atoms with Gasteiger partial charge in [0.1, 0.15) is 11.4 Å². The molecule has 0 fully saturated rings. The first kappa shape index (κ1) is 13.3. The third kappa shape index (κ3) is 2.38. The summed E-state index contributed by atoms with van der Waals surface area (Å²) in [7, 11) is 1.62. The van der Waals surface area contributed by atoms with Gasteiger partial charge < -0.3 is 4.74 Å². The van der Waals surface area contributed by atoms with Crippen molar-refractivity contribution in [2.24, 2.45) is 0 Å². The summed E-state index contributed by atoms with van der Waals surface area (Å²) in [5, 5.41) is 7.08. The first-order valence-electron chi connectivity index (χ1n) is 6.27. The van der Waals surface area contributed by atoms with E-state index in [1.54, 1.807) is 7.11 Å². The van der Waals surface area contributed by atoms with E-state index in [-0.39, 0.29) is 0 Å². The smallest absolute Gasteiger partial charge is 0.154 e. The molecule has 0 saturated heterocycles. The summed E-state index contributed by atoms with van der Waals surface area (Å²) in [4.78, 5) is 11.2. The van der Waals surface area contributed by atoms with Crippen LogP contribution in [0.15, 0.2) is 18.2 Å². The van der Waals surface area contributed by atoms with Crippen molar-refractivity contribution in [2.75, 3.05) is 7.11 Å². The molecular weight excluding hydrogens is 240 g/mol. The molecule has 0 radical (unpaired) electrons. The van der Waals surface area contributed by atoms with E-state index in [0.717, 1.165) is 23.3 Å². The van der Waals surface area contributed by atoms with Crippen LogP contribution in [0.3, 0.4) is 0 Å². The fourth-order valence-corrected chi connectivity index (χ4v) is 2.06. The second-order valence-electron chi connectivity index (χ2n) is 4.84. The lowest BCUT2D eigenvalue weighted by Gasteiger charge is -2.11. The molecule has 0 atom stereocenters. The molecule has 0 bridgehead atoms. The molecule has 0 amide bonds. The van der Waals surface area contributed by atoms with Gasteiger partial charge in [-0.25, -0.2) is 0 Å². The molecule has 0 saturated carbocycles. The Labute approximate surface area is 112 Å². The Kier molecular flexibility index (Phi) is 3.69.